The Hall–Kier alpha value is -2.77. The highest BCUT2D eigenvalue weighted by Gasteiger charge is 2.35. The molecular formula is C25H29N3O3S. The summed E-state index contributed by atoms with van der Waals surface area (Å²) in [5.74, 6) is 0.790. The summed E-state index contributed by atoms with van der Waals surface area (Å²) in [5.41, 5.74) is 2.62. The van der Waals surface area contributed by atoms with E-state index >= 15 is 0 Å². The number of carbonyl (C=O) groups is 1. The molecule has 0 unspecified atom stereocenters. The standard InChI is InChI=1S/C25H29N3O3S/c1-3-31-22-9-7-20(8-10-22)25(11-15-30-16-12-25)18-27-23(29)19-5-4-6-21(17-19)28-14-13-26-24(28)32-2/h4-10,13-14,17H,3,11-12,15-16,18H2,1-2H3,(H,27,29). The third-order valence-electron chi connectivity index (χ3n) is 5.99. The lowest BCUT2D eigenvalue weighted by atomic mass is 9.74. The molecule has 168 valence electrons. The van der Waals surface area contributed by atoms with E-state index in [2.05, 4.69) is 22.4 Å². The fourth-order valence-corrected chi connectivity index (χ4v) is 4.72. The number of nitrogens with zero attached hydrogens (tertiary/aromatic N) is 2. The topological polar surface area (TPSA) is 65.4 Å². The second kappa shape index (κ2) is 10.2. The molecule has 1 amide bonds. The van der Waals surface area contributed by atoms with Gasteiger partial charge in [0.2, 0.25) is 0 Å². The summed E-state index contributed by atoms with van der Waals surface area (Å²) in [6.45, 7) is 4.57. The van der Waals surface area contributed by atoms with Gasteiger partial charge >= 0.3 is 0 Å². The average molecular weight is 452 g/mol. The summed E-state index contributed by atoms with van der Waals surface area (Å²) >= 11 is 1.57. The highest BCUT2D eigenvalue weighted by molar-refractivity contribution is 7.98. The Balaban J connectivity index is 1.51. The van der Waals surface area contributed by atoms with Crippen LogP contribution in [-0.2, 0) is 10.2 Å². The van der Waals surface area contributed by atoms with E-state index in [-0.39, 0.29) is 11.3 Å². The minimum Gasteiger partial charge on any atom is -0.494 e. The fourth-order valence-electron chi connectivity index (χ4n) is 4.19. The van der Waals surface area contributed by atoms with Crippen LogP contribution in [0.4, 0.5) is 0 Å². The molecule has 1 N–H and O–H groups in total. The van der Waals surface area contributed by atoms with E-state index in [1.165, 1.54) is 5.56 Å². The molecule has 1 aliphatic rings. The van der Waals surface area contributed by atoms with Gasteiger partial charge in [0.15, 0.2) is 5.16 Å². The lowest BCUT2D eigenvalue weighted by Gasteiger charge is -2.38. The van der Waals surface area contributed by atoms with Crippen molar-refractivity contribution in [2.75, 3.05) is 32.6 Å². The summed E-state index contributed by atoms with van der Waals surface area (Å²) in [6, 6.07) is 15.9. The van der Waals surface area contributed by atoms with Crippen molar-refractivity contribution < 1.29 is 14.3 Å². The van der Waals surface area contributed by atoms with Gasteiger partial charge in [0.1, 0.15) is 5.75 Å². The van der Waals surface area contributed by atoms with Crippen LogP contribution in [0.2, 0.25) is 0 Å². The number of rotatable bonds is 8. The first-order valence-corrected chi connectivity index (χ1v) is 12.1. The Labute approximate surface area is 193 Å². The monoisotopic (exact) mass is 451 g/mol. The summed E-state index contributed by atoms with van der Waals surface area (Å²) in [6.07, 6.45) is 7.40. The van der Waals surface area contributed by atoms with E-state index in [9.17, 15) is 4.79 Å². The molecule has 0 bridgehead atoms. The number of imidazole rings is 1. The van der Waals surface area contributed by atoms with Crippen LogP contribution >= 0.6 is 11.8 Å². The number of thioether (sulfide) groups is 1. The van der Waals surface area contributed by atoms with Crippen molar-refractivity contribution in [3.63, 3.8) is 0 Å². The molecule has 7 heteroatoms. The molecule has 0 spiro atoms. The summed E-state index contributed by atoms with van der Waals surface area (Å²) in [4.78, 5) is 17.4. The van der Waals surface area contributed by atoms with Crippen molar-refractivity contribution >= 4 is 17.7 Å². The van der Waals surface area contributed by atoms with Crippen LogP contribution < -0.4 is 10.1 Å². The van der Waals surface area contributed by atoms with E-state index in [0.29, 0.717) is 31.9 Å². The zero-order valence-corrected chi connectivity index (χ0v) is 19.4. The Morgan fingerprint density at radius 1 is 1.22 bits per heavy atom. The number of amides is 1. The van der Waals surface area contributed by atoms with Gasteiger partial charge in [-0.2, -0.15) is 0 Å². The number of hydrogen-bond acceptors (Lipinski definition) is 5. The van der Waals surface area contributed by atoms with Gasteiger partial charge in [-0.15, -0.1) is 0 Å². The zero-order valence-electron chi connectivity index (χ0n) is 18.5. The minimum atomic E-state index is -0.146. The van der Waals surface area contributed by atoms with Crippen molar-refractivity contribution in [3.8, 4) is 11.4 Å². The third-order valence-corrected chi connectivity index (χ3v) is 6.66. The van der Waals surface area contributed by atoms with E-state index in [4.69, 9.17) is 9.47 Å². The second-order valence-electron chi connectivity index (χ2n) is 7.87. The molecule has 6 nitrogen and oxygen atoms in total. The van der Waals surface area contributed by atoms with Gasteiger partial charge in [-0.1, -0.05) is 30.0 Å². The van der Waals surface area contributed by atoms with Gasteiger partial charge < -0.3 is 14.8 Å². The van der Waals surface area contributed by atoms with Crippen molar-refractivity contribution in [2.24, 2.45) is 0 Å². The van der Waals surface area contributed by atoms with Gasteiger partial charge in [-0.25, -0.2) is 4.98 Å². The molecule has 0 aliphatic carbocycles. The zero-order chi connectivity index (χ0) is 22.4. The van der Waals surface area contributed by atoms with Crippen LogP contribution in [0, 0.1) is 0 Å². The molecule has 0 radical (unpaired) electrons. The molecule has 3 aromatic rings. The lowest BCUT2D eigenvalue weighted by molar-refractivity contribution is 0.0487. The van der Waals surface area contributed by atoms with Gasteiger partial charge in [0, 0.05) is 48.8 Å². The number of ether oxygens (including phenoxy) is 2. The Morgan fingerprint density at radius 2 is 2.00 bits per heavy atom. The Morgan fingerprint density at radius 3 is 2.72 bits per heavy atom. The maximum atomic E-state index is 13.1. The first-order valence-electron chi connectivity index (χ1n) is 10.9. The normalized spacial score (nSPS) is 15.3. The molecule has 0 atom stereocenters. The molecule has 1 saturated heterocycles. The lowest BCUT2D eigenvalue weighted by Crippen LogP contribution is -2.44. The van der Waals surface area contributed by atoms with E-state index in [1.54, 1.807) is 18.0 Å². The van der Waals surface area contributed by atoms with Crippen LogP contribution in [0.15, 0.2) is 66.1 Å². The summed E-state index contributed by atoms with van der Waals surface area (Å²) in [5, 5.41) is 4.08. The van der Waals surface area contributed by atoms with E-state index in [0.717, 1.165) is 29.4 Å². The highest BCUT2D eigenvalue weighted by atomic mass is 32.2. The van der Waals surface area contributed by atoms with Gasteiger partial charge in [0.25, 0.3) is 5.91 Å². The molecule has 1 aromatic heterocycles. The maximum absolute atomic E-state index is 13.1. The van der Waals surface area contributed by atoms with Gasteiger partial charge in [0.05, 0.1) is 6.61 Å². The predicted molar refractivity (Wildman–Crippen MR) is 127 cm³/mol. The minimum absolute atomic E-state index is 0.0746. The third kappa shape index (κ3) is 4.84. The van der Waals surface area contributed by atoms with Crippen molar-refractivity contribution in [1.29, 1.82) is 0 Å². The molecule has 2 heterocycles. The van der Waals surface area contributed by atoms with Gasteiger partial charge in [-0.05, 0) is 61.9 Å². The Bertz CT molecular complexity index is 1040. The van der Waals surface area contributed by atoms with Gasteiger partial charge in [-0.3, -0.25) is 9.36 Å². The first-order chi connectivity index (χ1) is 15.6. The molecular weight excluding hydrogens is 422 g/mol. The molecule has 1 aliphatic heterocycles. The summed E-state index contributed by atoms with van der Waals surface area (Å²) < 4.78 is 13.2. The van der Waals surface area contributed by atoms with Crippen molar-refractivity contribution in [1.82, 2.24) is 14.9 Å². The van der Waals surface area contributed by atoms with Crippen LogP contribution in [0.1, 0.15) is 35.7 Å². The number of carbonyl (C=O) groups excluding carboxylic acids is 1. The highest BCUT2D eigenvalue weighted by Crippen LogP contribution is 2.35. The van der Waals surface area contributed by atoms with E-state index in [1.807, 2.05) is 60.3 Å². The van der Waals surface area contributed by atoms with Crippen molar-refractivity contribution in [2.45, 2.75) is 30.3 Å². The average Bonchev–Trinajstić information content (AvgIpc) is 3.33. The van der Waals surface area contributed by atoms with Crippen LogP contribution in [0.3, 0.4) is 0 Å². The van der Waals surface area contributed by atoms with E-state index < -0.39 is 0 Å². The van der Waals surface area contributed by atoms with Crippen molar-refractivity contribution in [3.05, 3.63) is 72.1 Å². The molecule has 1 fully saturated rings. The SMILES string of the molecule is CCOc1ccc(C2(CNC(=O)c3cccc(-n4ccnc4SC)c3)CCOCC2)cc1. The molecule has 0 saturated carbocycles. The molecule has 2 aromatic carbocycles. The number of aromatic nitrogens is 2. The maximum Gasteiger partial charge on any atom is 0.251 e. The van der Waals surface area contributed by atoms with Crippen LogP contribution in [-0.4, -0.2) is 48.1 Å². The largest absolute Gasteiger partial charge is 0.494 e. The summed E-state index contributed by atoms with van der Waals surface area (Å²) in [7, 11) is 0. The molecule has 32 heavy (non-hydrogen) atoms. The number of benzene rings is 2. The first kappa shape index (κ1) is 22.4. The fraction of sp³-hybridized carbons (Fsp3) is 0.360. The smallest absolute Gasteiger partial charge is 0.251 e. The number of nitrogens with one attached hydrogen (secondary N) is 1. The quantitative estimate of drug-likeness (QED) is 0.512. The van der Waals surface area contributed by atoms with Crippen LogP contribution in [0.5, 0.6) is 5.75 Å². The predicted octanol–water partition coefficient (Wildman–Crippen LogP) is 4.47. The molecule has 4 rings (SSSR count). The number of hydrogen-bond donors (Lipinski definition) is 1. The Kier molecular flexibility index (Phi) is 7.17. The van der Waals surface area contributed by atoms with Crippen LogP contribution in [0.25, 0.3) is 5.69 Å². The second-order valence-corrected chi connectivity index (χ2v) is 8.64.